The molecule has 1 heterocycles. The lowest BCUT2D eigenvalue weighted by molar-refractivity contribution is 0.472. The lowest BCUT2D eigenvalue weighted by Crippen LogP contribution is -2.02. The predicted molar refractivity (Wildman–Crippen MR) is 77.9 cm³/mol. The van der Waals surface area contributed by atoms with Crippen LogP contribution in [0.1, 0.15) is 5.56 Å². The van der Waals surface area contributed by atoms with Gasteiger partial charge in [-0.25, -0.2) is 0 Å². The lowest BCUT2D eigenvalue weighted by atomic mass is 9.92. The smallest absolute Gasteiger partial charge is 0.144 e. The minimum Gasteiger partial charge on any atom is -0.508 e. The second-order valence-corrected chi connectivity index (χ2v) is 4.74. The van der Waals surface area contributed by atoms with Gasteiger partial charge in [0.05, 0.1) is 0 Å². The molecule has 0 saturated carbocycles. The van der Waals surface area contributed by atoms with E-state index in [1.807, 2.05) is 20.8 Å². The molecule has 0 atom stereocenters. The maximum Gasteiger partial charge on any atom is 0.144 e. The highest BCUT2D eigenvalue weighted by Crippen LogP contribution is 2.32. The topological polar surface area (TPSA) is 53.6 Å². The molecule has 0 radical (unpaired) electrons. The fraction of sp³-hybridized carbons (Fsp3) is 0.0667. The van der Waals surface area contributed by atoms with Gasteiger partial charge in [0.15, 0.2) is 0 Å². The first-order valence-corrected chi connectivity index (χ1v) is 6.08. The Morgan fingerprint density at radius 2 is 1.74 bits per heavy atom. The number of phenolic OH excluding ortho intramolecular Hbond substituents is 2. The van der Waals surface area contributed by atoms with Crippen molar-refractivity contribution in [2.75, 3.05) is 0 Å². The fourth-order valence-electron chi connectivity index (χ4n) is 2.25. The number of furan rings is 1. The normalized spacial score (nSPS) is 11.0. The van der Waals surface area contributed by atoms with E-state index in [1.54, 1.807) is 30.3 Å². The summed E-state index contributed by atoms with van der Waals surface area (Å²) in [5.41, 5.74) is 3.41. The van der Waals surface area contributed by atoms with Crippen molar-refractivity contribution in [3.8, 4) is 22.8 Å². The van der Waals surface area contributed by atoms with Gasteiger partial charge >= 0.3 is 0 Å². The summed E-state index contributed by atoms with van der Waals surface area (Å²) in [5.74, 6) is 1.24. The number of aromatic hydroxyl groups is 2. The molecule has 94 valence electrons. The van der Waals surface area contributed by atoms with Crippen molar-refractivity contribution in [3.05, 3.63) is 42.0 Å². The van der Waals surface area contributed by atoms with Gasteiger partial charge in [0.1, 0.15) is 30.7 Å². The van der Waals surface area contributed by atoms with Crippen molar-refractivity contribution >= 4 is 24.3 Å². The standard InChI is InChI=1S/C15H13BO3/c1-8-11-6-14(9-2-4-10(17)5-3-9)19-15(11)12(16)7-13(8)18/h2-7,17-18H,16H2,1H3. The first kappa shape index (κ1) is 11.7. The molecule has 3 aromatic rings. The molecule has 0 aliphatic carbocycles. The zero-order valence-corrected chi connectivity index (χ0v) is 10.8. The van der Waals surface area contributed by atoms with E-state index in [9.17, 15) is 10.2 Å². The summed E-state index contributed by atoms with van der Waals surface area (Å²) in [6.07, 6.45) is 0. The molecule has 4 heteroatoms. The summed E-state index contributed by atoms with van der Waals surface area (Å²) < 4.78 is 5.87. The van der Waals surface area contributed by atoms with Crippen LogP contribution in [0.5, 0.6) is 11.5 Å². The number of hydrogen-bond donors (Lipinski definition) is 2. The highest BCUT2D eigenvalue weighted by atomic mass is 16.3. The SMILES string of the molecule is Bc1cc(O)c(C)c2cc(-c3ccc(O)cc3)oc12. The molecule has 0 fully saturated rings. The molecular weight excluding hydrogens is 239 g/mol. The molecule has 2 N–H and O–H groups in total. The molecule has 0 aliphatic rings. The highest BCUT2D eigenvalue weighted by molar-refractivity contribution is 6.38. The summed E-state index contributed by atoms with van der Waals surface area (Å²) in [7, 11) is 1.91. The molecule has 0 bridgehead atoms. The Kier molecular flexibility index (Phi) is 2.52. The monoisotopic (exact) mass is 252 g/mol. The minimum atomic E-state index is 0.227. The molecule has 19 heavy (non-hydrogen) atoms. The number of hydrogen-bond acceptors (Lipinski definition) is 3. The van der Waals surface area contributed by atoms with Crippen LogP contribution in [0.3, 0.4) is 0 Å². The Hall–Kier alpha value is -2.36. The van der Waals surface area contributed by atoms with Gasteiger partial charge in [0, 0.05) is 16.5 Å². The molecule has 1 aromatic heterocycles. The van der Waals surface area contributed by atoms with Crippen molar-refractivity contribution in [1.82, 2.24) is 0 Å². The molecule has 0 amide bonds. The zero-order valence-electron chi connectivity index (χ0n) is 10.8. The van der Waals surface area contributed by atoms with E-state index >= 15 is 0 Å². The van der Waals surface area contributed by atoms with Gasteiger partial charge in [-0.15, -0.1) is 0 Å². The van der Waals surface area contributed by atoms with Crippen molar-refractivity contribution in [3.63, 3.8) is 0 Å². The fourth-order valence-corrected chi connectivity index (χ4v) is 2.25. The Balaban J connectivity index is 2.24. The van der Waals surface area contributed by atoms with Crippen molar-refractivity contribution in [1.29, 1.82) is 0 Å². The minimum absolute atomic E-state index is 0.227. The van der Waals surface area contributed by atoms with Crippen molar-refractivity contribution in [2.24, 2.45) is 0 Å². The van der Waals surface area contributed by atoms with Gasteiger partial charge in [0.2, 0.25) is 0 Å². The van der Waals surface area contributed by atoms with Crippen LogP contribution in [-0.2, 0) is 0 Å². The van der Waals surface area contributed by atoms with E-state index < -0.39 is 0 Å². The van der Waals surface area contributed by atoms with E-state index in [-0.39, 0.29) is 11.5 Å². The quantitative estimate of drug-likeness (QED) is 0.652. The van der Waals surface area contributed by atoms with Gasteiger partial charge in [-0.1, -0.05) is 0 Å². The molecule has 3 nitrogen and oxygen atoms in total. The summed E-state index contributed by atoms with van der Waals surface area (Å²) in [6.45, 7) is 1.87. The van der Waals surface area contributed by atoms with Crippen LogP contribution in [0.25, 0.3) is 22.3 Å². The zero-order chi connectivity index (χ0) is 13.6. The average molecular weight is 252 g/mol. The summed E-state index contributed by atoms with van der Waals surface area (Å²) >= 11 is 0. The van der Waals surface area contributed by atoms with Gasteiger partial charge in [-0.3, -0.25) is 0 Å². The molecule has 0 aliphatic heterocycles. The van der Waals surface area contributed by atoms with Crippen LogP contribution >= 0.6 is 0 Å². The van der Waals surface area contributed by atoms with Gasteiger partial charge < -0.3 is 14.6 Å². The van der Waals surface area contributed by atoms with E-state index in [2.05, 4.69) is 0 Å². The van der Waals surface area contributed by atoms with Crippen LogP contribution in [0.4, 0.5) is 0 Å². The van der Waals surface area contributed by atoms with Gasteiger partial charge in [-0.05, 0) is 48.8 Å². The maximum absolute atomic E-state index is 9.84. The van der Waals surface area contributed by atoms with Crippen LogP contribution < -0.4 is 5.46 Å². The highest BCUT2D eigenvalue weighted by Gasteiger charge is 2.12. The van der Waals surface area contributed by atoms with E-state index in [1.165, 1.54) is 0 Å². The maximum atomic E-state index is 9.84. The van der Waals surface area contributed by atoms with Crippen LogP contribution in [0, 0.1) is 6.92 Å². The molecule has 0 saturated heterocycles. The Labute approximate surface area is 111 Å². The lowest BCUT2D eigenvalue weighted by Gasteiger charge is -2.01. The summed E-state index contributed by atoms with van der Waals surface area (Å²) in [5, 5.41) is 20.1. The van der Waals surface area contributed by atoms with Gasteiger partial charge in [-0.2, -0.15) is 0 Å². The molecule has 2 aromatic carbocycles. The van der Waals surface area contributed by atoms with E-state index in [0.717, 1.165) is 33.3 Å². The third-order valence-corrected chi connectivity index (χ3v) is 3.38. The molecule has 0 spiro atoms. The van der Waals surface area contributed by atoms with Gasteiger partial charge in [0.25, 0.3) is 0 Å². The second-order valence-electron chi connectivity index (χ2n) is 4.74. The van der Waals surface area contributed by atoms with Crippen LogP contribution in [-0.4, -0.2) is 18.1 Å². The third-order valence-electron chi connectivity index (χ3n) is 3.38. The summed E-state index contributed by atoms with van der Waals surface area (Å²) in [6, 6.07) is 10.5. The van der Waals surface area contributed by atoms with Crippen molar-refractivity contribution < 1.29 is 14.6 Å². The molecule has 3 rings (SSSR count). The Morgan fingerprint density at radius 3 is 2.42 bits per heavy atom. The second kappa shape index (κ2) is 4.09. The molecule has 0 unspecified atom stereocenters. The van der Waals surface area contributed by atoms with Crippen LogP contribution in [0.2, 0.25) is 0 Å². The summed E-state index contributed by atoms with van der Waals surface area (Å²) in [4.78, 5) is 0. The number of aryl methyl sites for hydroxylation is 1. The number of rotatable bonds is 1. The largest absolute Gasteiger partial charge is 0.508 e. The predicted octanol–water partition coefficient (Wildman–Crippen LogP) is 2.08. The number of phenols is 2. The molecular formula is C15H13BO3. The van der Waals surface area contributed by atoms with E-state index in [0.29, 0.717) is 0 Å². The van der Waals surface area contributed by atoms with Crippen LogP contribution in [0.15, 0.2) is 40.8 Å². The average Bonchev–Trinajstić information content (AvgIpc) is 2.83. The Bertz CT molecular complexity index is 757. The van der Waals surface area contributed by atoms with Crippen molar-refractivity contribution in [2.45, 2.75) is 6.92 Å². The first-order valence-electron chi connectivity index (χ1n) is 6.08. The Morgan fingerprint density at radius 1 is 1.05 bits per heavy atom. The number of benzene rings is 2. The van der Waals surface area contributed by atoms with E-state index in [4.69, 9.17) is 4.42 Å². The third kappa shape index (κ3) is 1.85. The number of fused-ring (bicyclic) bond motifs is 1. The first-order chi connectivity index (χ1) is 9.06.